The van der Waals surface area contributed by atoms with Crippen LogP contribution in [-0.4, -0.2) is 6.04 Å². The summed E-state index contributed by atoms with van der Waals surface area (Å²) in [4.78, 5) is 0. The van der Waals surface area contributed by atoms with E-state index in [1.165, 1.54) is 0 Å². The van der Waals surface area contributed by atoms with Gasteiger partial charge in [0.2, 0.25) is 0 Å². The highest BCUT2D eigenvalue weighted by molar-refractivity contribution is 6.43. The van der Waals surface area contributed by atoms with Crippen molar-refractivity contribution in [3.63, 3.8) is 0 Å². The van der Waals surface area contributed by atoms with Crippen molar-refractivity contribution in [2.24, 2.45) is 11.5 Å². The van der Waals surface area contributed by atoms with E-state index < -0.39 is 0 Å². The van der Waals surface area contributed by atoms with Gasteiger partial charge in [-0.05, 0) is 24.6 Å². The lowest BCUT2D eigenvalue weighted by Crippen LogP contribution is -2.31. The molecular formula is C9H11Cl3N2. The Morgan fingerprint density at radius 3 is 2.21 bits per heavy atom. The Kier molecular flexibility index (Phi) is 4.04. The van der Waals surface area contributed by atoms with Gasteiger partial charge in [0.05, 0.1) is 10.0 Å². The summed E-state index contributed by atoms with van der Waals surface area (Å²) >= 11 is 17.7. The van der Waals surface area contributed by atoms with E-state index in [9.17, 15) is 0 Å². The summed E-state index contributed by atoms with van der Waals surface area (Å²) in [5.74, 6) is 0. The zero-order valence-corrected chi connectivity index (χ0v) is 9.87. The topological polar surface area (TPSA) is 52.0 Å². The molecule has 0 amide bonds. The third-order valence-electron chi connectivity index (χ3n) is 1.95. The van der Waals surface area contributed by atoms with Gasteiger partial charge < -0.3 is 11.5 Å². The summed E-state index contributed by atoms with van der Waals surface area (Å²) in [6.45, 7) is 1.80. The molecule has 2 unspecified atom stereocenters. The summed E-state index contributed by atoms with van der Waals surface area (Å²) in [7, 11) is 0. The predicted octanol–water partition coefficient (Wildman–Crippen LogP) is 2.99. The molecule has 0 aliphatic heterocycles. The Labute approximate surface area is 98.1 Å². The first-order valence-electron chi connectivity index (χ1n) is 4.09. The molecule has 0 saturated carbocycles. The fourth-order valence-electron chi connectivity index (χ4n) is 1.10. The maximum Gasteiger partial charge on any atom is 0.0641 e. The molecule has 0 aliphatic carbocycles. The van der Waals surface area contributed by atoms with E-state index in [0.29, 0.717) is 20.6 Å². The minimum Gasteiger partial charge on any atom is -0.326 e. The van der Waals surface area contributed by atoms with Crippen LogP contribution in [0.2, 0.25) is 15.1 Å². The molecule has 1 rings (SSSR count). The molecule has 0 bridgehead atoms. The van der Waals surface area contributed by atoms with Gasteiger partial charge in [0.25, 0.3) is 0 Å². The lowest BCUT2D eigenvalue weighted by molar-refractivity contribution is 0.589. The van der Waals surface area contributed by atoms with Crippen LogP contribution in [0.15, 0.2) is 12.1 Å². The van der Waals surface area contributed by atoms with Crippen molar-refractivity contribution in [1.82, 2.24) is 0 Å². The summed E-state index contributed by atoms with van der Waals surface area (Å²) in [5, 5.41) is 1.32. The van der Waals surface area contributed by atoms with Gasteiger partial charge in [-0.1, -0.05) is 34.8 Å². The van der Waals surface area contributed by atoms with Gasteiger partial charge in [0.1, 0.15) is 0 Å². The number of hydrogen-bond donors (Lipinski definition) is 2. The molecule has 0 aromatic heterocycles. The van der Waals surface area contributed by atoms with Crippen molar-refractivity contribution < 1.29 is 0 Å². The van der Waals surface area contributed by atoms with Crippen molar-refractivity contribution in [2.75, 3.05) is 0 Å². The molecule has 0 aliphatic rings. The summed E-state index contributed by atoms with van der Waals surface area (Å²) < 4.78 is 0. The lowest BCUT2D eigenvalue weighted by atomic mass is 10.0. The number of halogens is 3. The smallest absolute Gasteiger partial charge is 0.0641 e. The molecule has 0 fully saturated rings. The minimum absolute atomic E-state index is 0.206. The maximum absolute atomic E-state index is 5.98. The molecule has 2 atom stereocenters. The first-order valence-corrected chi connectivity index (χ1v) is 5.22. The molecule has 2 nitrogen and oxygen atoms in total. The van der Waals surface area contributed by atoms with Crippen molar-refractivity contribution >= 4 is 34.8 Å². The maximum atomic E-state index is 5.98. The van der Waals surface area contributed by atoms with Crippen molar-refractivity contribution in [1.29, 1.82) is 0 Å². The average molecular weight is 254 g/mol. The third kappa shape index (κ3) is 2.53. The fourth-order valence-corrected chi connectivity index (χ4v) is 1.85. The van der Waals surface area contributed by atoms with E-state index in [0.717, 1.165) is 0 Å². The SMILES string of the molecule is CC(N)C(N)c1cc(Cl)cc(Cl)c1Cl. The average Bonchev–Trinajstić information content (AvgIpc) is 2.09. The van der Waals surface area contributed by atoms with Crippen LogP contribution in [0.4, 0.5) is 0 Å². The van der Waals surface area contributed by atoms with Crippen LogP contribution in [-0.2, 0) is 0 Å². The molecular weight excluding hydrogens is 242 g/mol. The molecule has 0 radical (unpaired) electrons. The van der Waals surface area contributed by atoms with Crippen molar-refractivity contribution in [3.05, 3.63) is 32.8 Å². The van der Waals surface area contributed by atoms with Gasteiger partial charge in [-0.15, -0.1) is 0 Å². The minimum atomic E-state index is -0.362. The Bertz CT molecular complexity index is 339. The predicted molar refractivity (Wildman–Crippen MR) is 62.0 cm³/mol. The van der Waals surface area contributed by atoms with Crippen LogP contribution in [0.3, 0.4) is 0 Å². The highest BCUT2D eigenvalue weighted by Crippen LogP contribution is 2.33. The van der Waals surface area contributed by atoms with Crippen molar-refractivity contribution in [3.8, 4) is 0 Å². The van der Waals surface area contributed by atoms with Crippen LogP contribution in [0.5, 0.6) is 0 Å². The van der Waals surface area contributed by atoms with Gasteiger partial charge in [0.15, 0.2) is 0 Å². The molecule has 78 valence electrons. The van der Waals surface area contributed by atoms with E-state index in [1.807, 2.05) is 0 Å². The molecule has 0 spiro atoms. The second-order valence-corrected chi connectivity index (χ2v) is 4.40. The van der Waals surface area contributed by atoms with Gasteiger partial charge in [-0.25, -0.2) is 0 Å². The normalized spacial score (nSPS) is 15.3. The zero-order chi connectivity index (χ0) is 10.9. The summed E-state index contributed by atoms with van der Waals surface area (Å²) in [5.41, 5.74) is 12.2. The van der Waals surface area contributed by atoms with E-state index in [4.69, 9.17) is 46.3 Å². The van der Waals surface area contributed by atoms with Gasteiger partial charge >= 0.3 is 0 Å². The summed E-state index contributed by atoms with van der Waals surface area (Å²) in [6.07, 6.45) is 0. The van der Waals surface area contributed by atoms with Gasteiger partial charge in [-0.3, -0.25) is 0 Å². The number of benzene rings is 1. The van der Waals surface area contributed by atoms with E-state index >= 15 is 0 Å². The number of rotatable bonds is 2. The second kappa shape index (κ2) is 4.69. The highest BCUT2D eigenvalue weighted by Gasteiger charge is 2.16. The van der Waals surface area contributed by atoms with Crippen LogP contribution in [0, 0.1) is 0 Å². The Balaban J connectivity index is 3.20. The molecule has 0 heterocycles. The third-order valence-corrected chi connectivity index (χ3v) is 2.98. The van der Waals surface area contributed by atoms with Crippen LogP contribution >= 0.6 is 34.8 Å². The van der Waals surface area contributed by atoms with E-state index in [1.54, 1.807) is 19.1 Å². The lowest BCUT2D eigenvalue weighted by Gasteiger charge is -2.18. The van der Waals surface area contributed by atoms with E-state index in [2.05, 4.69) is 0 Å². The van der Waals surface area contributed by atoms with Crippen molar-refractivity contribution in [2.45, 2.75) is 19.0 Å². The standard InChI is InChI=1S/C9H11Cl3N2/c1-4(13)9(14)6-2-5(10)3-7(11)8(6)12/h2-4,9H,13-14H2,1H3. The largest absolute Gasteiger partial charge is 0.326 e. The number of nitrogens with two attached hydrogens (primary N) is 2. The molecule has 5 heteroatoms. The zero-order valence-electron chi connectivity index (χ0n) is 7.60. The molecule has 4 N–H and O–H groups in total. The quantitative estimate of drug-likeness (QED) is 0.796. The van der Waals surface area contributed by atoms with Gasteiger partial charge in [-0.2, -0.15) is 0 Å². The first-order chi connectivity index (χ1) is 6.43. The van der Waals surface area contributed by atoms with Gasteiger partial charge in [0, 0.05) is 17.1 Å². The highest BCUT2D eigenvalue weighted by atomic mass is 35.5. The Hall–Kier alpha value is 0.01000. The Morgan fingerprint density at radius 1 is 1.14 bits per heavy atom. The first kappa shape index (κ1) is 12.1. The van der Waals surface area contributed by atoms with Crippen LogP contribution in [0.1, 0.15) is 18.5 Å². The monoisotopic (exact) mass is 252 g/mol. The van der Waals surface area contributed by atoms with E-state index in [-0.39, 0.29) is 12.1 Å². The summed E-state index contributed by atoms with van der Waals surface area (Å²) in [6, 6.07) is 2.69. The van der Waals surface area contributed by atoms with Crippen LogP contribution < -0.4 is 11.5 Å². The number of hydrogen-bond acceptors (Lipinski definition) is 2. The fraction of sp³-hybridized carbons (Fsp3) is 0.333. The molecule has 14 heavy (non-hydrogen) atoms. The molecule has 0 saturated heterocycles. The Morgan fingerprint density at radius 2 is 1.71 bits per heavy atom. The second-order valence-electron chi connectivity index (χ2n) is 3.18. The molecule has 1 aromatic carbocycles. The van der Waals surface area contributed by atoms with Crippen LogP contribution in [0.25, 0.3) is 0 Å². The molecule has 1 aromatic rings.